The maximum Gasteiger partial charge on any atom is 0.338 e. The van der Waals surface area contributed by atoms with Crippen LogP contribution in [0.5, 0.6) is 11.5 Å². The molecule has 2 N–H and O–H groups in total. The van der Waals surface area contributed by atoms with Gasteiger partial charge in [0.2, 0.25) is 0 Å². The van der Waals surface area contributed by atoms with Crippen molar-refractivity contribution in [3.8, 4) is 11.5 Å². The van der Waals surface area contributed by atoms with Gasteiger partial charge in [0.1, 0.15) is 11.5 Å². The maximum atomic E-state index is 13.2. The van der Waals surface area contributed by atoms with Crippen LogP contribution in [-0.4, -0.2) is 47.0 Å². The normalized spacial score (nSPS) is 15.9. The Kier molecular flexibility index (Phi) is 7.51. The summed E-state index contributed by atoms with van der Waals surface area (Å²) in [6.45, 7) is 5.41. The second-order valence-corrected chi connectivity index (χ2v) is 9.75. The summed E-state index contributed by atoms with van der Waals surface area (Å²) in [6.07, 6.45) is 0. The largest absolute Gasteiger partial charge is 0.497 e. The molecule has 0 saturated heterocycles. The van der Waals surface area contributed by atoms with Crippen LogP contribution in [0.1, 0.15) is 29.7 Å². The molecule has 10 heteroatoms. The molecular formula is C24H28N2O7S. The highest BCUT2D eigenvalue weighted by atomic mass is 32.2. The molecule has 3 rings (SSSR count). The topological polar surface area (TPSA) is 120 Å². The summed E-state index contributed by atoms with van der Waals surface area (Å²) in [6, 6.07) is 8.05. The van der Waals surface area contributed by atoms with Crippen molar-refractivity contribution >= 4 is 21.8 Å². The van der Waals surface area contributed by atoms with E-state index in [0.29, 0.717) is 17.1 Å². The summed E-state index contributed by atoms with van der Waals surface area (Å²) in [5.41, 5.74) is 2.14. The molecule has 182 valence electrons. The van der Waals surface area contributed by atoms with Crippen LogP contribution in [0, 0.1) is 13.8 Å². The summed E-state index contributed by atoms with van der Waals surface area (Å²) in [7, 11) is -0.950. The number of rotatable bonds is 8. The highest BCUT2D eigenvalue weighted by Crippen LogP contribution is 2.36. The number of carbonyl (C=O) groups is 2. The minimum absolute atomic E-state index is 0.0164. The highest BCUT2D eigenvalue weighted by Gasteiger charge is 2.37. The molecule has 0 unspecified atom stereocenters. The van der Waals surface area contributed by atoms with E-state index in [4.69, 9.17) is 14.2 Å². The fourth-order valence-corrected chi connectivity index (χ4v) is 5.06. The smallest absolute Gasteiger partial charge is 0.338 e. The van der Waals surface area contributed by atoms with Gasteiger partial charge in [0.05, 0.1) is 43.1 Å². The number of carbonyl (C=O) groups excluding carboxylic acids is 2. The van der Waals surface area contributed by atoms with Crippen molar-refractivity contribution in [2.24, 2.45) is 0 Å². The van der Waals surface area contributed by atoms with Crippen LogP contribution in [0.15, 0.2) is 52.6 Å². The van der Waals surface area contributed by atoms with Gasteiger partial charge >= 0.3 is 12.0 Å². The molecule has 34 heavy (non-hydrogen) atoms. The third kappa shape index (κ3) is 5.17. The van der Waals surface area contributed by atoms with Crippen LogP contribution in [0.3, 0.4) is 0 Å². The molecule has 2 aromatic carbocycles. The van der Waals surface area contributed by atoms with E-state index in [0.717, 1.165) is 11.1 Å². The highest BCUT2D eigenvalue weighted by molar-refractivity contribution is 7.91. The van der Waals surface area contributed by atoms with Gasteiger partial charge < -0.3 is 24.8 Å². The number of sulfone groups is 1. The van der Waals surface area contributed by atoms with Crippen LogP contribution < -0.4 is 20.1 Å². The predicted molar refractivity (Wildman–Crippen MR) is 126 cm³/mol. The quantitative estimate of drug-likeness (QED) is 0.548. The van der Waals surface area contributed by atoms with Gasteiger partial charge in [-0.2, -0.15) is 0 Å². The number of hydrogen-bond acceptors (Lipinski definition) is 7. The number of hydrogen-bond donors (Lipinski definition) is 2. The first-order valence-corrected chi connectivity index (χ1v) is 12.3. The predicted octanol–water partition coefficient (Wildman–Crippen LogP) is 2.97. The number of esters is 1. The van der Waals surface area contributed by atoms with Gasteiger partial charge in [-0.1, -0.05) is 6.07 Å². The van der Waals surface area contributed by atoms with Crippen molar-refractivity contribution in [3.63, 3.8) is 0 Å². The Morgan fingerprint density at radius 1 is 1.03 bits per heavy atom. The van der Waals surface area contributed by atoms with Gasteiger partial charge in [0.15, 0.2) is 9.84 Å². The van der Waals surface area contributed by atoms with Crippen molar-refractivity contribution in [1.82, 2.24) is 10.6 Å². The fraction of sp³-hybridized carbons (Fsp3) is 0.333. The van der Waals surface area contributed by atoms with E-state index in [-0.39, 0.29) is 22.8 Å². The molecule has 2 amide bonds. The minimum Gasteiger partial charge on any atom is -0.497 e. The second-order valence-electron chi connectivity index (χ2n) is 7.76. The van der Waals surface area contributed by atoms with Crippen LogP contribution in [0.2, 0.25) is 0 Å². The van der Waals surface area contributed by atoms with Crippen molar-refractivity contribution in [3.05, 3.63) is 64.4 Å². The number of aryl methyl sites for hydroxylation is 2. The summed E-state index contributed by atoms with van der Waals surface area (Å²) in [5, 5.41) is 5.18. The van der Waals surface area contributed by atoms with Crippen molar-refractivity contribution in [2.75, 3.05) is 26.6 Å². The third-order valence-corrected chi connectivity index (χ3v) is 7.21. The Labute approximate surface area is 199 Å². The number of benzene rings is 2. The molecule has 0 radical (unpaired) electrons. The minimum atomic E-state index is -3.90. The number of nitrogens with one attached hydrogen (secondary N) is 2. The molecular weight excluding hydrogens is 460 g/mol. The summed E-state index contributed by atoms with van der Waals surface area (Å²) >= 11 is 0. The van der Waals surface area contributed by atoms with E-state index in [1.165, 1.54) is 20.3 Å². The zero-order valence-electron chi connectivity index (χ0n) is 19.7. The Morgan fingerprint density at radius 2 is 1.76 bits per heavy atom. The van der Waals surface area contributed by atoms with Gasteiger partial charge in [-0.3, -0.25) is 0 Å². The summed E-state index contributed by atoms with van der Waals surface area (Å²) in [5.74, 6) is -0.473. The van der Waals surface area contributed by atoms with Gasteiger partial charge in [-0.05, 0) is 56.2 Å². The average molecular weight is 489 g/mol. The van der Waals surface area contributed by atoms with Crippen LogP contribution in [0.25, 0.3) is 0 Å². The molecule has 2 aromatic rings. The lowest BCUT2D eigenvalue weighted by atomic mass is 9.94. The zero-order valence-corrected chi connectivity index (χ0v) is 20.5. The lowest BCUT2D eigenvalue weighted by Gasteiger charge is -2.30. The number of methoxy groups -OCH3 is 2. The Bertz CT molecular complexity index is 1250. The molecule has 1 aliphatic rings. The molecule has 0 saturated carbocycles. The molecule has 0 fully saturated rings. The van der Waals surface area contributed by atoms with Gasteiger partial charge in [-0.15, -0.1) is 0 Å². The van der Waals surface area contributed by atoms with E-state index >= 15 is 0 Å². The van der Waals surface area contributed by atoms with Crippen molar-refractivity contribution in [1.29, 1.82) is 0 Å². The first-order chi connectivity index (χ1) is 16.1. The van der Waals surface area contributed by atoms with E-state index in [1.807, 2.05) is 13.8 Å². The zero-order chi connectivity index (χ0) is 25.0. The molecule has 0 spiro atoms. The van der Waals surface area contributed by atoms with Crippen LogP contribution >= 0.6 is 0 Å². The standard InChI is InChI=1S/C24H28N2O7S/c1-6-33-23(27)21-19(13-34(29,30)17-9-7-14(2)15(3)11-17)25-24(28)26-22(21)18-10-8-16(31-4)12-20(18)32-5/h7-12,22H,6,13H2,1-5H3,(H2,25,26,28)/t22-/m0/s1. The summed E-state index contributed by atoms with van der Waals surface area (Å²) in [4.78, 5) is 25.7. The molecule has 1 heterocycles. The lowest BCUT2D eigenvalue weighted by molar-refractivity contribution is -0.139. The average Bonchev–Trinajstić information content (AvgIpc) is 2.79. The third-order valence-electron chi connectivity index (χ3n) is 5.57. The van der Waals surface area contributed by atoms with Gasteiger partial charge in [0, 0.05) is 17.3 Å². The molecule has 1 aliphatic heterocycles. The molecule has 0 aliphatic carbocycles. The van der Waals surface area contributed by atoms with E-state index in [1.54, 1.807) is 37.3 Å². The Morgan fingerprint density at radius 3 is 2.38 bits per heavy atom. The number of ether oxygens (including phenoxy) is 3. The monoisotopic (exact) mass is 488 g/mol. The Hall–Kier alpha value is -3.53. The first kappa shape index (κ1) is 25.1. The lowest BCUT2D eigenvalue weighted by Crippen LogP contribution is -2.47. The van der Waals surface area contributed by atoms with Crippen molar-refractivity contribution < 1.29 is 32.2 Å². The molecule has 0 bridgehead atoms. The molecule has 0 aromatic heterocycles. The van der Waals surface area contributed by atoms with Gasteiger partial charge in [-0.25, -0.2) is 18.0 Å². The second kappa shape index (κ2) is 10.2. The fourth-order valence-electron chi connectivity index (χ4n) is 3.65. The molecule has 9 nitrogen and oxygen atoms in total. The van der Waals surface area contributed by atoms with Crippen LogP contribution in [0.4, 0.5) is 4.79 Å². The SMILES string of the molecule is CCOC(=O)C1=C(CS(=O)(=O)c2ccc(C)c(C)c2)NC(=O)N[C@H]1c1ccc(OC)cc1OC. The number of urea groups is 1. The van der Waals surface area contributed by atoms with E-state index in [2.05, 4.69) is 10.6 Å². The van der Waals surface area contributed by atoms with Crippen LogP contribution in [-0.2, 0) is 19.4 Å². The van der Waals surface area contributed by atoms with Gasteiger partial charge in [0.25, 0.3) is 0 Å². The van der Waals surface area contributed by atoms with Crippen molar-refractivity contribution in [2.45, 2.75) is 31.7 Å². The molecule has 1 atom stereocenters. The maximum absolute atomic E-state index is 13.2. The first-order valence-electron chi connectivity index (χ1n) is 10.6. The van der Waals surface area contributed by atoms with E-state index < -0.39 is 33.6 Å². The summed E-state index contributed by atoms with van der Waals surface area (Å²) < 4.78 is 42.4. The Balaban J connectivity index is 2.15. The number of amides is 2. The van der Waals surface area contributed by atoms with E-state index in [9.17, 15) is 18.0 Å².